The predicted molar refractivity (Wildman–Crippen MR) is 169 cm³/mol. The van der Waals surface area contributed by atoms with E-state index in [9.17, 15) is 13.2 Å². The lowest BCUT2D eigenvalue weighted by Crippen LogP contribution is -2.37. The van der Waals surface area contributed by atoms with Gasteiger partial charge in [-0.2, -0.15) is 0 Å². The summed E-state index contributed by atoms with van der Waals surface area (Å²) in [5.74, 6) is 3.84. The van der Waals surface area contributed by atoms with E-state index >= 15 is 0 Å². The summed E-state index contributed by atoms with van der Waals surface area (Å²) < 4.78 is 49.7. The minimum atomic E-state index is -4.79. The molecule has 4 aliphatic rings. The first-order chi connectivity index (χ1) is 22.2. The lowest BCUT2D eigenvalue weighted by atomic mass is 9.75. The van der Waals surface area contributed by atoms with Crippen LogP contribution in [0.25, 0.3) is 22.3 Å². The number of nitrogens with zero attached hydrogens (tertiary/aromatic N) is 3. The van der Waals surface area contributed by atoms with E-state index in [1.54, 1.807) is 12.1 Å². The van der Waals surface area contributed by atoms with E-state index in [0.717, 1.165) is 72.3 Å². The van der Waals surface area contributed by atoms with Crippen molar-refractivity contribution in [2.24, 2.45) is 17.8 Å². The van der Waals surface area contributed by atoms with Gasteiger partial charge in [0, 0.05) is 34.4 Å². The van der Waals surface area contributed by atoms with Crippen LogP contribution in [0.3, 0.4) is 0 Å². The van der Waals surface area contributed by atoms with Crippen LogP contribution in [0.4, 0.5) is 19.0 Å². The second kappa shape index (κ2) is 11.4. The molecule has 7 nitrogen and oxygen atoms in total. The molecule has 0 saturated heterocycles. The number of hydrogen-bond donors (Lipinski definition) is 2. The molecule has 2 aromatic carbocycles. The SMILES string of the molecule is CC(=N)c1cc(C2CC2)cc2nc(NC3C4CCC3CC(CCc3c(-c5ccccc5OC(F)(F)F)noc3C3CC3)C4)cnc12. The van der Waals surface area contributed by atoms with Crippen molar-refractivity contribution in [1.82, 2.24) is 15.1 Å². The second-order valence-corrected chi connectivity index (χ2v) is 13.9. The Balaban J connectivity index is 0.978. The van der Waals surface area contributed by atoms with Crippen molar-refractivity contribution in [3.63, 3.8) is 0 Å². The number of ether oxygens (including phenoxy) is 1. The highest BCUT2D eigenvalue weighted by Gasteiger charge is 2.43. The van der Waals surface area contributed by atoms with E-state index in [4.69, 9.17) is 19.9 Å². The lowest BCUT2D eigenvalue weighted by Gasteiger charge is -2.36. The highest BCUT2D eigenvalue weighted by Crippen LogP contribution is 2.49. The molecular weight excluding hydrogens is 591 g/mol. The van der Waals surface area contributed by atoms with Crippen LogP contribution in [0.2, 0.25) is 0 Å². The average molecular weight is 630 g/mol. The first kappa shape index (κ1) is 29.5. The highest BCUT2D eigenvalue weighted by atomic mass is 19.4. The van der Waals surface area contributed by atoms with E-state index < -0.39 is 6.36 Å². The molecule has 4 fully saturated rings. The minimum Gasteiger partial charge on any atom is -0.405 e. The van der Waals surface area contributed by atoms with Gasteiger partial charge in [0.05, 0.1) is 17.2 Å². The molecule has 0 radical (unpaired) electrons. The number of aromatic nitrogens is 3. The maximum absolute atomic E-state index is 13.2. The molecule has 0 amide bonds. The van der Waals surface area contributed by atoms with Crippen molar-refractivity contribution < 1.29 is 22.4 Å². The first-order valence-electron chi connectivity index (χ1n) is 16.7. The Bertz CT molecular complexity index is 1780. The molecular formula is C36H38F3N5O2. The molecule has 240 valence electrons. The third-order valence-corrected chi connectivity index (χ3v) is 10.6. The Morgan fingerprint density at radius 1 is 1.02 bits per heavy atom. The minimum absolute atomic E-state index is 0.249. The predicted octanol–water partition coefficient (Wildman–Crippen LogP) is 9.18. The molecule has 10 heteroatoms. The fourth-order valence-corrected chi connectivity index (χ4v) is 8.12. The number of hydrogen-bond acceptors (Lipinski definition) is 7. The van der Waals surface area contributed by atoms with Crippen LogP contribution >= 0.6 is 0 Å². The number of halogens is 3. The van der Waals surface area contributed by atoms with Gasteiger partial charge in [0.25, 0.3) is 0 Å². The largest absolute Gasteiger partial charge is 0.573 e. The van der Waals surface area contributed by atoms with Gasteiger partial charge in [-0.1, -0.05) is 17.3 Å². The number of para-hydroxylation sites is 1. The number of rotatable bonds is 10. The molecule has 2 heterocycles. The van der Waals surface area contributed by atoms with Crippen LogP contribution in [-0.2, 0) is 6.42 Å². The van der Waals surface area contributed by atoms with Crippen molar-refractivity contribution in [2.45, 2.75) is 95.4 Å². The second-order valence-electron chi connectivity index (χ2n) is 13.9. The van der Waals surface area contributed by atoms with Crippen molar-refractivity contribution in [2.75, 3.05) is 5.32 Å². The summed E-state index contributed by atoms with van der Waals surface area (Å²) in [6, 6.07) is 10.8. The molecule has 2 N–H and O–H groups in total. The Morgan fingerprint density at radius 2 is 1.76 bits per heavy atom. The lowest BCUT2D eigenvalue weighted by molar-refractivity contribution is -0.274. The number of benzene rings is 2. The standard InChI is InChI=1S/C36H38F3N5O2/c1-19(40)28-16-25(21-7-8-21)17-29-34(28)41-18-31(42-29)43-32-23-11-12-24(32)15-20(14-23)6-13-27-33(44-46-35(27)22-9-10-22)26-4-2-3-5-30(26)45-36(37,38)39/h2-5,16-18,20-24,32,40H,6-15H2,1H3,(H,42,43). The maximum atomic E-state index is 13.2. The average Bonchev–Trinajstić information content (AvgIpc) is 3.96. The fourth-order valence-electron chi connectivity index (χ4n) is 8.12. The summed E-state index contributed by atoms with van der Waals surface area (Å²) in [5, 5.41) is 16.4. The Morgan fingerprint density at radius 3 is 2.46 bits per heavy atom. The van der Waals surface area contributed by atoms with E-state index in [1.807, 2.05) is 13.1 Å². The van der Waals surface area contributed by atoms with E-state index in [2.05, 4.69) is 27.3 Å². The van der Waals surface area contributed by atoms with Crippen LogP contribution in [-0.4, -0.2) is 33.2 Å². The zero-order valence-electron chi connectivity index (χ0n) is 25.9. The van der Waals surface area contributed by atoms with Crippen molar-refractivity contribution >= 4 is 22.6 Å². The van der Waals surface area contributed by atoms with Crippen LogP contribution < -0.4 is 10.1 Å². The fraction of sp³-hybridized carbons (Fsp3) is 0.500. The van der Waals surface area contributed by atoms with E-state index in [-0.39, 0.29) is 5.75 Å². The Labute approximate surface area is 265 Å². The molecule has 46 heavy (non-hydrogen) atoms. The third kappa shape index (κ3) is 5.86. The van der Waals surface area contributed by atoms with Crippen LogP contribution in [0, 0.1) is 23.2 Å². The molecule has 4 aromatic rings. The van der Waals surface area contributed by atoms with Gasteiger partial charge in [0.15, 0.2) is 0 Å². The van der Waals surface area contributed by atoms with Gasteiger partial charge < -0.3 is 20.0 Å². The number of fused-ring (bicyclic) bond motifs is 3. The van der Waals surface area contributed by atoms with E-state index in [1.165, 1.54) is 43.4 Å². The van der Waals surface area contributed by atoms with Gasteiger partial charge in [0.1, 0.15) is 23.0 Å². The molecule has 0 aliphatic heterocycles. The summed E-state index contributed by atoms with van der Waals surface area (Å²) in [4.78, 5) is 9.77. The Hall–Kier alpha value is -3.95. The van der Waals surface area contributed by atoms with Gasteiger partial charge in [-0.05, 0) is 125 Å². The zero-order chi connectivity index (χ0) is 31.6. The zero-order valence-corrected chi connectivity index (χ0v) is 25.9. The summed E-state index contributed by atoms with van der Waals surface area (Å²) >= 11 is 0. The van der Waals surface area contributed by atoms with Crippen molar-refractivity contribution in [1.29, 1.82) is 5.41 Å². The molecule has 0 spiro atoms. The summed E-state index contributed by atoms with van der Waals surface area (Å²) in [5.41, 5.74) is 6.03. The number of alkyl halides is 3. The van der Waals surface area contributed by atoms with Gasteiger partial charge in [-0.15, -0.1) is 13.2 Å². The molecule has 4 aliphatic carbocycles. The highest BCUT2D eigenvalue weighted by molar-refractivity contribution is 6.06. The molecule has 8 rings (SSSR count). The smallest absolute Gasteiger partial charge is 0.405 e. The van der Waals surface area contributed by atoms with Crippen LogP contribution in [0.5, 0.6) is 5.75 Å². The molecule has 2 unspecified atom stereocenters. The van der Waals surface area contributed by atoms with Gasteiger partial charge >= 0.3 is 6.36 Å². The van der Waals surface area contributed by atoms with Crippen molar-refractivity contribution in [3.8, 4) is 17.0 Å². The van der Waals surface area contributed by atoms with Crippen molar-refractivity contribution in [3.05, 3.63) is 65.0 Å². The van der Waals surface area contributed by atoms with Crippen LogP contribution in [0.15, 0.2) is 47.1 Å². The summed E-state index contributed by atoms with van der Waals surface area (Å²) in [6.45, 7) is 1.81. The number of nitrogens with one attached hydrogen (secondary N) is 2. The summed E-state index contributed by atoms with van der Waals surface area (Å²) in [6.07, 6.45) is 7.69. The first-order valence-corrected chi connectivity index (χ1v) is 16.7. The quantitative estimate of drug-likeness (QED) is 0.170. The number of anilines is 1. The topological polar surface area (TPSA) is 96.9 Å². The molecule has 2 aromatic heterocycles. The maximum Gasteiger partial charge on any atom is 0.573 e. The third-order valence-electron chi connectivity index (χ3n) is 10.6. The van der Waals surface area contributed by atoms with Gasteiger partial charge in [-0.3, -0.25) is 4.98 Å². The van der Waals surface area contributed by atoms with Gasteiger partial charge in [0.2, 0.25) is 0 Å². The van der Waals surface area contributed by atoms with Gasteiger partial charge in [-0.25, -0.2) is 4.98 Å². The molecule has 2 atom stereocenters. The normalized spacial score (nSPS) is 24.3. The van der Waals surface area contributed by atoms with E-state index in [0.29, 0.717) is 52.6 Å². The monoisotopic (exact) mass is 629 g/mol. The van der Waals surface area contributed by atoms with Crippen LogP contribution in [0.1, 0.15) is 99.0 Å². The summed E-state index contributed by atoms with van der Waals surface area (Å²) in [7, 11) is 0. The molecule has 2 bridgehead atoms. The molecule has 4 saturated carbocycles. The Kier molecular flexibility index (Phi) is 7.29.